The van der Waals surface area contributed by atoms with Crippen LogP contribution in [0.25, 0.3) is 0 Å². The van der Waals surface area contributed by atoms with Crippen LogP contribution in [0.5, 0.6) is 0 Å². The maximum absolute atomic E-state index is 13.3. The molecule has 2 unspecified atom stereocenters. The molecule has 0 heterocycles. The van der Waals surface area contributed by atoms with E-state index in [0.717, 1.165) is 31.2 Å². The molecule has 4 heteroatoms. The normalized spacial score (nSPS) is 23.2. The number of halogens is 1. The van der Waals surface area contributed by atoms with Gasteiger partial charge in [0, 0.05) is 12.6 Å². The van der Waals surface area contributed by atoms with E-state index in [4.69, 9.17) is 0 Å². The molecule has 2 atom stereocenters. The number of hydrogen-bond acceptors (Lipinski definition) is 2. The van der Waals surface area contributed by atoms with Crippen LogP contribution in [0.4, 0.5) is 4.39 Å². The monoisotopic (exact) mass is 265 g/mol. The molecule has 1 amide bonds. The highest BCUT2D eigenvalue weighted by Gasteiger charge is 2.30. The molecule has 19 heavy (non-hydrogen) atoms. The molecule has 1 N–H and O–H groups in total. The van der Waals surface area contributed by atoms with Crippen LogP contribution in [-0.4, -0.2) is 35.1 Å². The van der Waals surface area contributed by atoms with Gasteiger partial charge in [0.2, 0.25) is 0 Å². The summed E-state index contributed by atoms with van der Waals surface area (Å²) < 4.78 is 13.3. The first-order valence-electron chi connectivity index (χ1n) is 6.72. The van der Waals surface area contributed by atoms with E-state index in [-0.39, 0.29) is 11.9 Å². The minimum absolute atomic E-state index is 0.163. The second-order valence-electron chi connectivity index (χ2n) is 5.29. The van der Waals surface area contributed by atoms with Gasteiger partial charge in [-0.3, -0.25) is 4.79 Å². The number of aliphatic hydroxyl groups excluding tert-OH is 1. The molecular formula is C15H20FNO2. The summed E-state index contributed by atoms with van der Waals surface area (Å²) in [4.78, 5) is 14.0. The smallest absolute Gasteiger partial charge is 0.254 e. The predicted molar refractivity (Wildman–Crippen MR) is 71.5 cm³/mol. The fraction of sp³-hybridized carbons (Fsp3) is 0.533. The maximum atomic E-state index is 13.3. The zero-order valence-corrected chi connectivity index (χ0v) is 11.4. The molecule has 3 nitrogen and oxygen atoms in total. The third-order valence-electron chi connectivity index (χ3n) is 3.94. The Morgan fingerprint density at radius 2 is 2.05 bits per heavy atom. The van der Waals surface area contributed by atoms with Gasteiger partial charge in [0.15, 0.2) is 0 Å². The highest BCUT2D eigenvalue weighted by atomic mass is 19.1. The van der Waals surface area contributed by atoms with Crippen LogP contribution in [-0.2, 0) is 0 Å². The third-order valence-corrected chi connectivity index (χ3v) is 3.94. The molecule has 0 bridgehead atoms. The summed E-state index contributed by atoms with van der Waals surface area (Å²) in [5.74, 6) is -0.630. The van der Waals surface area contributed by atoms with Gasteiger partial charge < -0.3 is 10.0 Å². The number of aryl methyl sites for hydroxylation is 1. The van der Waals surface area contributed by atoms with Gasteiger partial charge in [-0.1, -0.05) is 18.9 Å². The van der Waals surface area contributed by atoms with E-state index in [2.05, 4.69) is 0 Å². The number of hydrogen-bond donors (Lipinski definition) is 1. The Balaban J connectivity index is 2.20. The molecule has 0 saturated heterocycles. The van der Waals surface area contributed by atoms with Crippen molar-refractivity contribution < 1.29 is 14.3 Å². The number of carbonyl (C=O) groups excluding carboxylic acids is 1. The van der Waals surface area contributed by atoms with Crippen molar-refractivity contribution in [1.29, 1.82) is 0 Å². The fourth-order valence-corrected chi connectivity index (χ4v) is 2.71. The summed E-state index contributed by atoms with van der Waals surface area (Å²) in [7, 11) is 1.69. The molecule has 1 aliphatic rings. The number of likely N-dealkylation sites (N-methyl/N-ethyl adjacent to an activating group) is 1. The molecule has 1 saturated carbocycles. The van der Waals surface area contributed by atoms with E-state index in [9.17, 15) is 14.3 Å². The SMILES string of the molecule is Cc1ccc(F)cc1C(=O)N(C)C1CCCCC1O. The number of nitrogens with zero attached hydrogens (tertiary/aromatic N) is 1. The number of aliphatic hydroxyl groups is 1. The van der Waals surface area contributed by atoms with E-state index in [1.165, 1.54) is 12.1 Å². The number of benzene rings is 1. The summed E-state index contributed by atoms with van der Waals surface area (Å²) in [5.41, 5.74) is 1.13. The first-order chi connectivity index (χ1) is 9.00. The molecule has 104 valence electrons. The van der Waals surface area contributed by atoms with Crippen LogP contribution in [0.15, 0.2) is 18.2 Å². The van der Waals surface area contributed by atoms with Gasteiger partial charge in [0.1, 0.15) is 5.82 Å². The molecule has 1 fully saturated rings. The van der Waals surface area contributed by atoms with Crippen LogP contribution in [0, 0.1) is 12.7 Å². The van der Waals surface area contributed by atoms with Gasteiger partial charge in [-0.15, -0.1) is 0 Å². The van der Waals surface area contributed by atoms with Crippen molar-refractivity contribution in [3.05, 3.63) is 35.1 Å². The van der Waals surface area contributed by atoms with E-state index in [1.807, 2.05) is 0 Å². The lowest BCUT2D eigenvalue weighted by molar-refractivity contribution is 0.0267. The van der Waals surface area contributed by atoms with Gasteiger partial charge in [-0.25, -0.2) is 4.39 Å². The average Bonchev–Trinajstić information content (AvgIpc) is 2.40. The van der Waals surface area contributed by atoms with Crippen molar-refractivity contribution in [2.75, 3.05) is 7.05 Å². The number of amides is 1. The Morgan fingerprint density at radius 3 is 2.74 bits per heavy atom. The topological polar surface area (TPSA) is 40.5 Å². The van der Waals surface area contributed by atoms with Gasteiger partial charge in [-0.2, -0.15) is 0 Å². The number of rotatable bonds is 2. The summed E-state index contributed by atoms with van der Waals surface area (Å²) in [6.45, 7) is 1.79. The minimum Gasteiger partial charge on any atom is -0.391 e. The molecule has 0 radical (unpaired) electrons. The van der Waals surface area contributed by atoms with Crippen molar-refractivity contribution in [3.63, 3.8) is 0 Å². The molecule has 0 spiro atoms. The molecule has 2 rings (SSSR count). The zero-order chi connectivity index (χ0) is 14.0. The standard InChI is InChI=1S/C15H20FNO2/c1-10-7-8-11(16)9-12(10)15(19)17(2)13-5-3-4-6-14(13)18/h7-9,13-14,18H,3-6H2,1-2H3. The highest BCUT2D eigenvalue weighted by Crippen LogP contribution is 2.24. The summed E-state index contributed by atoms with van der Waals surface area (Å²) >= 11 is 0. The second-order valence-corrected chi connectivity index (χ2v) is 5.29. The maximum Gasteiger partial charge on any atom is 0.254 e. The Kier molecular flexibility index (Phi) is 4.20. The summed E-state index contributed by atoms with van der Waals surface area (Å²) in [6.07, 6.45) is 3.07. The Bertz CT molecular complexity index is 475. The van der Waals surface area contributed by atoms with Gasteiger partial charge in [0.05, 0.1) is 12.1 Å². The number of carbonyl (C=O) groups is 1. The third kappa shape index (κ3) is 2.95. The zero-order valence-electron chi connectivity index (χ0n) is 11.4. The lowest BCUT2D eigenvalue weighted by Crippen LogP contribution is -2.46. The summed E-state index contributed by atoms with van der Waals surface area (Å²) in [5, 5.41) is 9.99. The Labute approximate surface area is 113 Å². The van der Waals surface area contributed by atoms with Crippen molar-refractivity contribution in [3.8, 4) is 0 Å². The van der Waals surface area contributed by atoms with Crippen molar-refractivity contribution in [2.45, 2.75) is 44.8 Å². The molecule has 1 aromatic rings. The average molecular weight is 265 g/mol. The van der Waals surface area contributed by atoms with Crippen molar-refractivity contribution >= 4 is 5.91 Å². The van der Waals surface area contributed by atoms with Gasteiger partial charge in [-0.05, 0) is 37.5 Å². The predicted octanol–water partition coefficient (Wildman–Crippen LogP) is 2.51. The van der Waals surface area contributed by atoms with Crippen molar-refractivity contribution in [1.82, 2.24) is 4.90 Å². The van der Waals surface area contributed by atoms with E-state index < -0.39 is 11.9 Å². The fourth-order valence-electron chi connectivity index (χ4n) is 2.71. The summed E-state index contributed by atoms with van der Waals surface area (Å²) in [6, 6.07) is 4.06. The highest BCUT2D eigenvalue weighted by molar-refractivity contribution is 5.95. The lowest BCUT2D eigenvalue weighted by Gasteiger charge is -2.35. The van der Waals surface area contributed by atoms with Crippen LogP contribution < -0.4 is 0 Å². The van der Waals surface area contributed by atoms with Crippen LogP contribution >= 0.6 is 0 Å². The van der Waals surface area contributed by atoms with E-state index in [0.29, 0.717) is 5.56 Å². The quantitative estimate of drug-likeness (QED) is 0.892. The molecule has 0 aliphatic heterocycles. The van der Waals surface area contributed by atoms with Crippen LogP contribution in [0.2, 0.25) is 0 Å². The van der Waals surface area contributed by atoms with E-state index in [1.54, 1.807) is 24.9 Å². The van der Waals surface area contributed by atoms with Gasteiger partial charge in [0.25, 0.3) is 5.91 Å². The van der Waals surface area contributed by atoms with Crippen molar-refractivity contribution in [2.24, 2.45) is 0 Å². The molecule has 0 aromatic heterocycles. The largest absolute Gasteiger partial charge is 0.391 e. The molecule has 1 aromatic carbocycles. The first kappa shape index (κ1) is 14.0. The lowest BCUT2D eigenvalue weighted by atomic mass is 9.91. The minimum atomic E-state index is -0.475. The van der Waals surface area contributed by atoms with Crippen LogP contribution in [0.3, 0.4) is 0 Å². The molecule has 1 aliphatic carbocycles. The Morgan fingerprint density at radius 1 is 1.37 bits per heavy atom. The molecular weight excluding hydrogens is 245 g/mol. The second kappa shape index (κ2) is 5.70. The van der Waals surface area contributed by atoms with E-state index >= 15 is 0 Å². The van der Waals surface area contributed by atoms with Gasteiger partial charge >= 0.3 is 0 Å². The van der Waals surface area contributed by atoms with Crippen LogP contribution in [0.1, 0.15) is 41.6 Å². The Hall–Kier alpha value is -1.42. The first-order valence-corrected chi connectivity index (χ1v) is 6.72.